The summed E-state index contributed by atoms with van der Waals surface area (Å²) in [6.07, 6.45) is 0. The molecule has 1 unspecified atom stereocenters. The van der Waals surface area contributed by atoms with Crippen molar-refractivity contribution in [3.63, 3.8) is 0 Å². The Labute approximate surface area is 123 Å². The highest BCUT2D eigenvalue weighted by molar-refractivity contribution is 6.04. The monoisotopic (exact) mass is 286 g/mol. The molecule has 21 heavy (non-hydrogen) atoms. The molecule has 110 valence electrons. The van der Waals surface area contributed by atoms with Crippen LogP contribution in [0.3, 0.4) is 0 Å². The minimum atomic E-state index is -0.636. The summed E-state index contributed by atoms with van der Waals surface area (Å²) in [5.74, 6) is 1.25. The van der Waals surface area contributed by atoms with Crippen molar-refractivity contribution in [2.24, 2.45) is 5.16 Å². The quantitative estimate of drug-likeness (QED) is 0.308. The van der Waals surface area contributed by atoms with Crippen LogP contribution >= 0.6 is 0 Å². The van der Waals surface area contributed by atoms with Crippen LogP contribution < -0.4 is 0 Å². The Kier molecular flexibility index (Phi) is 4.42. The van der Waals surface area contributed by atoms with Gasteiger partial charge in [0.1, 0.15) is 5.76 Å². The van der Waals surface area contributed by atoms with E-state index in [1.54, 1.807) is 38.1 Å². The van der Waals surface area contributed by atoms with Crippen molar-refractivity contribution in [2.75, 3.05) is 0 Å². The van der Waals surface area contributed by atoms with E-state index in [-0.39, 0.29) is 0 Å². The number of nitrogens with zero attached hydrogens (tertiary/aromatic N) is 2. The van der Waals surface area contributed by atoms with Crippen LogP contribution in [0.2, 0.25) is 0 Å². The van der Waals surface area contributed by atoms with E-state index in [1.807, 2.05) is 25.1 Å². The molecule has 1 heterocycles. The van der Waals surface area contributed by atoms with Crippen molar-refractivity contribution in [2.45, 2.75) is 26.8 Å². The normalized spacial score (nSPS) is 14.7. The van der Waals surface area contributed by atoms with Gasteiger partial charge in [-0.2, -0.15) is 4.74 Å². The average molecular weight is 286 g/mol. The van der Waals surface area contributed by atoms with Gasteiger partial charge in [-0.15, -0.1) is 0 Å². The van der Waals surface area contributed by atoms with Gasteiger partial charge in [0.15, 0.2) is 11.5 Å². The van der Waals surface area contributed by atoms with Crippen molar-refractivity contribution in [3.05, 3.63) is 64.8 Å². The number of benzene rings is 1. The van der Waals surface area contributed by atoms with Crippen LogP contribution in [0, 0.1) is 12.1 Å². The molecule has 5 heteroatoms. The zero-order valence-corrected chi connectivity index (χ0v) is 12.3. The molecule has 0 bridgehead atoms. The Morgan fingerprint density at radius 1 is 1.24 bits per heavy atom. The molecule has 2 aromatic rings. The van der Waals surface area contributed by atoms with E-state index in [0.29, 0.717) is 22.7 Å². The SMILES string of the molecule is C/C(c1ccc(C)o1)=[N+](/[O-])C(C)/C(=N/O)c1ccccc1. The number of oxime groups is 1. The molecule has 0 fully saturated rings. The molecule has 1 aromatic heterocycles. The molecule has 2 rings (SSSR count). The largest absolute Gasteiger partial charge is 0.623 e. The molecular formula is C16H18N2O3. The Hall–Kier alpha value is -2.56. The molecule has 0 aliphatic rings. The third-order valence-corrected chi connectivity index (χ3v) is 3.35. The van der Waals surface area contributed by atoms with Crippen molar-refractivity contribution in [1.82, 2.24) is 0 Å². The van der Waals surface area contributed by atoms with Crippen molar-refractivity contribution in [1.29, 1.82) is 0 Å². The summed E-state index contributed by atoms with van der Waals surface area (Å²) in [6.45, 7) is 5.19. The van der Waals surface area contributed by atoms with Crippen molar-refractivity contribution < 1.29 is 14.4 Å². The van der Waals surface area contributed by atoms with E-state index in [9.17, 15) is 10.4 Å². The third kappa shape index (κ3) is 3.13. The number of furan rings is 1. The van der Waals surface area contributed by atoms with E-state index >= 15 is 0 Å². The maximum atomic E-state index is 12.5. The fraction of sp³-hybridized carbons (Fsp3) is 0.250. The second-order valence-electron chi connectivity index (χ2n) is 4.85. The van der Waals surface area contributed by atoms with Crippen LogP contribution in [0.15, 0.2) is 52.0 Å². The Morgan fingerprint density at radius 2 is 1.90 bits per heavy atom. The lowest BCUT2D eigenvalue weighted by molar-refractivity contribution is -0.477. The molecule has 1 atom stereocenters. The van der Waals surface area contributed by atoms with E-state index in [0.717, 1.165) is 10.5 Å². The number of hydrogen-bond donors (Lipinski definition) is 1. The molecule has 0 amide bonds. The molecule has 0 spiro atoms. The lowest BCUT2D eigenvalue weighted by Crippen LogP contribution is -2.32. The first-order chi connectivity index (χ1) is 10.0. The zero-order chi connectivity index (χ0) is 15.4. The number of aryl methyl sites for hydroxylation is 1. The second kappa shape index (κ2) is 6.26. The Bertz CT molecular complexity index is 672. The van der Waals surface area contributed by atoms with Gasteiger partial charge in [0.2, 0.25) is 11.8 Å². The standard InChI is InChI=1S/C16H18N2O3/c1-11-9-10-15(21-11)12(2)18(20)13(3)16(17-19)14-7-5-4-6-8-14/h4-10,13,19H,1-3H3/b17-16-,18-12-. The van der Waals surface area contributed by atoms with Crippen LogP contribution in [-0.2, 0) is 0 Å². The second-order valence-corrected chi connectivity index (χ2v) is 4.85. The summed E-state index contributed by atoms with van der Waals surface area (Å²) in [4.78, 5) is 0. The van der Waals surface area contributed by atoms with Gasteiger partial charge in [0.05, 0.1) is 0 Å². The topological polar surface area (TPSA) is 71.8 Å². The van der Waals surface area contributed by atoms with Crippen LogP contribution in [-0.4, -0.2) is 27.4 Å². The van der Waals surface area contributed by atoms with E-state index in [2.05, 4.69) is 5.16 Å². The highest BCUT2D eigenvalue weighted by Crippen LogP contribution is 2.11. The summed E-state index contributed by atoms with van der Waals surface area (Å²) in [5.41, 5.74) is 1.46. The maximum absolute atomic E-state index is 12.5. The van der Waals surface area contributed by atoms with Gasteiger partial charge in [-0.1, -0.05) is 35.5 Å². The number of hydrogen-bond acceptors (Lipinski definition) is 4. The average Bonchev–Trinajstić information content (AvgIpc) is 2.94. The van der Waals surface area contributed by atoms with E-state index < -0.39 is 6.04 Å². The molecule has 5 nitrogen and oxygen atoms in total. The predicted molar refractivity (Wildman–Crippen MR) is 81.1 cm³/mol. The van der Waals surface area contributed by atoms with Gasteiger partial charge in [-0.05, 0) is 19.1 Å². The first-order valence-electron chi connectivity index (χ1n) is 6.68. The number of hydroxylamine groups is 1. The van der Waals surface area contributed by atoms with Gasteiger partial charge in [0.25, 0.3) is 0 Å². The smallest absolute Gasteiger partial charge is 0.227 e. The minimum absolute atomic E-state index is 0.313. The van der Waals surface area contributed by atoms with Gasteiger partial charge in [-0.25, -0.2) is 0 Å². The molecular weight excluding hydrogens is 268 g/mol. The molecule has 1 N–H and O–H groups in total. The fourth-order valence-electron chi connectivity index (χ4n) is 2.13. The summed E-state index contributed by atoms with van der Waals surface area (Å²) >= 11 is 0. The molecule has 0 saturated carbocycles. The van der Waals surface area contributed by atoms with Gasteiger partial charge < -0.3 is 14.8 Å². The highest BCUT2D eigenvalue weighted by Gasteiger charge is 2.24. The minimum Gasteiger partial charge on any atom is -0.623 e. The van der Waals surface area contributed by atoms with E-state index in [4.69, 9.17) is 4.42 Å². The molecule has 0 aliphatic heterocycles. The summed E-state index contributed by atoms with van der Waals surface area (Å²) < 4.78 is 6.25. The van der Waals surface area contributed by atoms with Crippen LogP contribution in [0.4, 0.5) is 0 Å². The first kappa shape index (κ1) is 14.8. The Balaban J connectivity index is 2.36. The highest BCUT2D eigenvalue weighted by atomic mass is 16.5. The fourth-order valence-corrected chi connectivity index (χ4v) is 2.13. The van der Waals surface area contributed by atoms with E-state index in [1.165, 1.54) is 0 Å². The summed E-state index contributed by atoms with van der Waals surface area (Å²) in [6, 6.07) is 12.0. The van der Waals surface area contributed by atoms with Crippen LogP contribution in [0.5, 0.6) is 0 Å². The zero-order valence-electron chi connectivity index (χ0n) is 12.3. The lowest BCUT2D eigenvalue weighted by Gasteiger charge is -2.16. The summed E-state index contributed by atoms with van der Waals surface area (Å²) in [7, 11) is 0. The molecule has 0 radical (unpaired) electrons. The maximum Gasteiger partial charge on any atom is 0.227 e. The van der Waals surface area contributed by atoms with Crippen molar-refractivity contribution >= 4 is 11.4 Å². The van der Waals surface area contributed by atoms with Crippen LogP contribution in [0.25, 0.3) is 0 Å². The Morgan fingerprint density at radius 3 is 2.43 bits per heavy atom. The summed E-state index contributed by atoms with van der Waals surface area (Å²) in [5, 5.41) is 25.0. The molecule has 0 aliphatic carbocycles. The van der Waals surface area contributed by atoms with Gasteiger partial charge in [-0.3, -0.25) is 0 Å². The van der Waals surface area contributed by atoms with Gasteiger partial charge >= 0.3 is 0 Å². The predicted octanol–water partition coefficient (Wildman–Crippen LogP) is 3.17. The number of rotatable bonds is 4. The third-order valence-electron chi connectivity index (χ3n) is 3.35. The van der Waals surface area contributed by atoms with Crippen molar-refractivity contribution in [3.8, 4) is 0 Å². The lowest BCUT2D eigenvalue weighted by atomic mass is 10.0. The van der Waals surface area contributed by atoms with Crippen LogP contribution in [0.1, 0.15) is 30.9 Å². The van der Waals surface area contributed by atoms with Gasteiger partial charge in [0, 0.05) is 19.4 Å². The first-order valence-corrected chi connectivity index (χ1v) is 6.68. The molecule has 0 saturated heterocycles. The molecule has 1 aromatic carbocycles.